The van der Waals surface area contributed by atoms with Crippen LogP contribution in [-0.4, -0.2) is 35.5 Å². The molecule has 1 amide bonds. The summed E-state index contributed by atoms with van der Waals surface area (Å²) < 4.78 is 10.3. The van der Waals surface area contributed by atoms with Gasteiger partial charge in [0.15, 0.2) is 12.2 Å². The van der Waals surface area contributed by atoms with E-state index in [-0.39, 0.29) is 23.1 Å². The number of aromatic nitrogens is 1. The molecule has 0 spiro atoms. The Hall–Kier alpha value is -2.81. The van der Waals surface area contributed by atoms with Crippen molar-refractivity contribution in [3.8, 4) is 5.75 Å². The Morgan fingerprint density at radius 3 is 2.74 bits per heavy atom. The first-order valence-electron chi connectivity index (χ1n) is 6.63. The van der Waals surface area contributed by atoms with Gasteiger partial charge in [-0.3, -0.25) is 10.1 Å². The van der Waals surface area contributed by atoms with Gasteiger partial charge in [-0.1, -0.05) is 12.1 Å². The Morgan fingerprint density at radius 1 is 1.35 bits per heavy atom. The van der Waals surface area contributed by atoms with Crippen molar-refractivity contribution < 1.29 is 23.8 Å². The molecule has 0 aliphatic carbocycles. The molecular weight excluding hydrogens is 322 g/mol. The summed E-state index contributed by atoms with van der Waals surface area (Å²) >= 11 is 1.03. The lowest BCUT2D eigenvalue weighted by atomic mass is 10.2. The third kappa shape index (κ3) is 4.33. The molecule has 0 unspecified atom stereocenters. The van der Waals surface area contributed by atoms with Gasteiger partial charge in [-0.05, 0) is 30.4 Å². The molecule has 0 radical (unpaired) electrons. The highest BCUT2D eigenvalue weighted by molar-refractivity contribution is 7.18. The summed E-state index contributed by atoms with van der Waals surface area (Å²) in [6.45, 7) is 1.81. The lowest BCUT2D eigenvalue weighted by Crippen LogP contribution is -2.16. The van der Waals surface area contributed by atoms with E-state index in [4.69, 9.17) is 4.74 Å². The largest absolute Gasteiger partial charge is 0.513 e. The lowest BCUT2D eigenvalue weighted by molar-refractivity contribution is -0.424. The van der Waals surface area contributed by atoms with E-state index in [1.165, 1.54) is 25.4 Å². The van der Waals surface area contributed by atoms with Crippen LogP contribution in [-0.2, 0) is 4.74 Å². The highest BCUT2D eigenvalue weighted by atomic mass is 32.1. The quantitative estimate of drug-likeness (QED) is 0.512. The molecule has 2 rings (SSSR count). The van der Waals surface area contributed by atoms with E-state index in [2.05, 4.69) is 15.0 Å². The van der Waals surface area contributed by atoms with Crippen LogP contribution in [0.5, 0.6) is 5.75 Å². The number of nitrogens with zero attached hydrogens (tertiary/aromatic N) is 2. The average Bonchev–Trinajstić information content (AvgIpc) is 2.96. The Kier molecular flexibility index (Phi) is 5.36. The molecule has 0 atom stereocenters. The number of thiazole rings is 1. The van der Waals surface area contributed by atoms with Crippen molar-refractivity contribution in [2.45, 2.75) is 6.92 Å². The van der Waals surface area contributed by atoms with Gasteiger partial charge in [-0.15, -0.1) is 0 Å². The summed E-state index contributed by atoms with van der Waals surface area (Å²) in [6.07, 6.45) is 0.464. The number of hydrogen-bond acceptors (Lipinski definition) is 7. The van der Waals surface area contributed by atoms with E-state index in [9.17, 15) is 14.5 Å². The fourth-order valence-corrected chi connectivity index (χ4v) is 2.29. The zero-order valence-corrected chi connectivity index (χ0v) is 13.3. The van der Waals surface area contributed by atoms with Gasteiger partial charge in [0.2, 0.25) is 0 Å². The third-order valence-corrected chi connectivity index (χ3v) is 3.58. The SMILES string of the molecule is CCOC(=O)Oc1ccccc1C(=O)Nc1ncc([N+](C)=O)s1. The summed E-state index contributed by atoms with van der Waals surface area (Å²) in [5.74, 6) is -0.444. The van der Waals surface area contributed by atoms with Crippen molar-refractivity contribution in [1.82, 2.24) is 4.98 Å². The molecule has 0 bridgehead atoms. The van der Waals surface area contributed by atoms with E-state index in [1.54, 1.807) is 19.1 Å². The van der Waals surface area contributed by atoms with Crippen LogP contribution < -0.4 is 10.1 Å². The van der Waals surface area contributed by atoms with Gasteiger partial charge >= 0.3 is 11.2 Å². The standard InChI is InChI=1S/C14H13N3O5S/c1-3-21-14(19)22-10-7-5-4-6-9(10)12(18)16-13-15-8-11(23-13)17(2)20/h4-8H,3H2,1-2H3/p+1. The van der Waals surface area contributed by atoms with Crippen molar-refractivity contribution in [2.75, 3.05) is 19.0 Å². The number of carbonyl (C=O) groups excluding carboxylic acids is 2. The van der Waals surface area contributed by atoms with E-state index in [1.807, 2.05) is 0 Å². The molecule has 1 aromatic carbocycles. The number of amides is 1. The maximum absolute atomic E-state index is 12.3. The molecular formula is C14H14N3O5S+. The highest BCUT2D eigenvalue weighted by Crippen LogP contribution is 2.26. The lowest BCUT2D eigenvalue weighted by Gasteiger charge is -2.08. The molecule has 0 saturated carbocycles. The first-order chi connectivity index (χ1) is 11.0. The van der Waals surface area contributed by atoms with Crippen LogP contribution >= 0.6 is 11.3 Å². The zero-order chi connectivity index (χ0) is 16.8. The molecule has 120 valence electrons. The monoisotopic (exact) mass is 336 g/mol. The molecule has 0 fully saturated rings. The number of rotatable bonds is 5. The zero-order valence-electron chi connectivity index (χ0n) is 12.4. The smallest absolute Gasteiger partial charge is 0.434 e. The third-order valence-electron chi connectivity index (χ3n) is 2.61. The Bertz CT molecular complexity index is 744. The second kappa shape index (κ2) is 7.45. The van der Waals surface area contributed by atoms with Crippen LogP contribution in [0, 0.1) is 4.91 Å². The Morgan fingerprint density at radius 2 is 2.09 bits per heavy atom. The van der Waals surface area contributed by atoms with Gasteiger partial charge in [-0.2, -0.15) is 0 Å². The van der Waals surface area contributed by atoms with Crippen molar-refractivity contribution in [1.29, 1.82) is 0 Å². The molecule has 1 aromatic heterocycles. The average molecular weight is 336 g/mol. The number of nitrogens with one attached hydrogen (secondary N) is 1. The summed E-state index contributed by atoms with van der Waals surface area (Å²) in [5.41, 5.74) is 0.146. The summed E-state index contributed by atoms with van der Waals surface area (Å²) in [4.78, 5) is 38.8. The minimum absolute atomic E-state index is 0.0705. The number of para-hydroxylation sites is 1. The van der Waals surface area contributed by atoms with Crippen LogP contribution in [0.4, 0.5) is 14.9 Å². The molecule has 23 heavy (non-hydrogen) atoms. The van der Waals surface area contributed by atoms with Crippen LogP contribution in [0.2, 0.25) is 0 Å². The number of benzene rings is 1. The summed E-state index contributed by atoms with van der Waals surface area (Å²) in [5, 5.41) is 3.17. The maximum Gasteiger partial charge on any atom is 0.513 e. The Labute approximate surface area is 135 Å². The first-order valence-corrected chi connectivity index (χ1v) is 7.44. The number of carbonyl (C=O) groups is 2. The Balaban J connectivity index is 2.15. The predicted octanol–water partition coefficient (Wildman–Crippen LogP) is 2.97. The molecule has 0 aliphatic heterocycles. The van der Waals surface area contributed by atoms with E-state index in [0.29, 0.717) is 9.76 Å². The van der Waals surface area contributed by atoms with Crippen LogP contribution in [0.1, 0.15) is 17.3 Å². The molecule has 9 heteroatoms. The van der Waals surface area contributed by atoms with Crippen molar-refractivity contribution in [3.63, 3.8) is 0 Å². The number of ether oxygens (including phenoxy) is 2. The summed E-state index contributed by atoms with van der Waals surface area (Å²) in [7, 11) is 1.33. The normalized spacial score (nSPS) is 10.0. The molecule has 0 aliphatic rings. The summed E-state index contributed by atoms with van der Waals surface area (Å²) in [6, 6.07) is 6.23. The number of hydrogen-bond donors (Lipinski definition) is 1. The van der Waals surface area contributed by atoms with Gasteiger partial charge in [0, 0.05) is 9.67 Å². The fourth-order valence-electron chi connectivity index (χ4n) is 1.61. The molecule has 8 nitrogen and oxygen atoms in total. The van der Waals surface area contributed by atoms with Crippen molar-refractivity contribution in [3.05, 3.63) is 40.9 Å². The number of anilines is 1. The molecule has 1 N–H and O–H groups in total. The molecule has 1 heterocycles. The van der Waals surface area contributed by atoms with Crippen molar-refractivity contribution in [2.24, 2.45) is 0 Å². The minimum Gasteiger partial charge on any atom is -0.434 e. The van der Waals surface area contributed by atoms with Gasteiger partial charge in [0.1, 0.15) is 11.9 Å². The second-order valence-corrected chi connectivity index (χ2v) is 5.25. The van der Waals surface area contributed by atoms with E-state index < -0.39 is 12.1 Å². The van der Waals surface area contributed by atoms with Crippen LogP contribution in [0.3, 0.4) is 0 Å². The van der Waals surface area contributed by atoms with Crippen LogP contribution in [0.25, 0.3) is 0 Å². The van der Waals surface area contributed by atoms with Gasteiger partial charge in [0.25, 0.3) is 5.91 Å². The second-order valence-electron chi connectivity index (χ2n) is 4.24. The highest BCUT2D eigenvalue weighted by Gasteiger charge is 2.18. The predicted molar refractivity (Wildman–Crippen MR) is 83.4 cm³/mol. The van der Waals surface area contributed by atoms with Gasteiger partial charge in [0.05, 0.1) is 12.2 Å². The van der Waals surface area contributed by atoms with E-state index in [0.717, 1.165) is 11.3 Å². The minimum atomic E-state index is -0.891. The maximum atomic E-state index is 12.3. The molecule has 2 aromatic rings. The molecule has 0 saturated heterocycles. The van der Waals surface area contributed by atoms with Gasteiger partial charge in [-0.25, -0.2) is 9.78 Å². The first kappa shape index (κ1) is 16.6. The number of nitroso groups, excluding NO2 is 1. The van der Waals surface area contributed by atoms with E-state index >= 15 is 0 Å². The van der Waals surface area contributed by atoms with Gasteiger partial charge < -0.3 is 9.47 Å². The van der Waals surface area contributed by atoms with Crippen LogP contribution in [0.15, 0.2) is 30.5 Å². The van der Waals surface area contributed by atoms with Crippen molar-refractivity contribution >= 4 is 33.5 Å². The topological polar surface area (TPSA) is 97.6 Å². The fraction of sp³-hybridized carbons (Fsp3) is 0.214.